The van der Waals surface area contributed by atoms with Gasteiger partial charge in [0.15, 0.2) is 0 Å². The monoisotopic (exact) mass is 322 g/mol. The van der Waals surface area contributed by atoms with Crippen LogP contribution in [0, 0.1) is 11.7 Å². The first kappa shape index (κ1) is 17.4. The average molecular weight is 322 g/mol. The second-order valence-electron chi connectivity index (χ2n) is 5.97. The van der Waals surface area contributed by atoms with E-state index in [1.807, 2.05) is 0 Å². The largest absolute Gasteiger partial charge is 0.396 e. The van der Waals surface area contributed by atoms with E-state index in [0.29, 0.717) is 0 Å². The van der Waals surface area contributed by atoms with E-state index in [1.165, 1.54) is 12.1 Å². The number of rotatable bonds is 4. The van der Waals surface area contributed by atoms with E-state index in [4.69, 9.17) is 0 Å². The van der Waals surface area contributed by atoms with E-state index in [9.17, 15) is 19.1 Å². The molecular weight excluding hydrogens is 299 g/mol. The Bertz CT molecular complexity index is 533. The van der Waals surface area contributed by atoms with Crippen molar-refractivity contribution in [3.8, 4) is 0 Å². The summed E-state index contributed by atoms with van der Waals surface area (Å²) in [5, 5.41) is 14.7. The lowest BCUT2D eigenvalue weighted by Crippen LogP contribution is -2.47. The number of carbonyl (C=O) groups excluding carboxylic acids is 2. The van der Waals surface area contributed by atoms with E-state index in [0.717, 1.165) is 37.7 Å². The summed E-state index contributed by atoms with van der Waals surface area (Å²) in [5.41, 5.74) is 0.718. The number of aliphatic hydroxyl groups is 1. The third-order valence-electron chi connectivity index (χ3n) is 4.28. The van der Waals surface area contributed by atoms with Crippen LogP contribution in [-0.2, 0) is 16.1 Å². The molecule has 2 unspecified atom stereocenters. The molecular formula is C17H23FN2O3. The number of hydrogen-bond donors (Lipinski definition) is 3. The highest BCUT2D eigenvalue weighted by atomic mass is 19.1. The van der Waals surface area contributed by atoms with Crippen LogP contribution in [0.15, 0.2) is 24.3 Å². The first-order valence-corrected chi connectivity index (χ1v) is 8.04. The van der Waals surface area contributed by atoms with Crippen molar-refractivity contribution in [3.63, 3.8) is 0 Å². The molecule has 0 spiro atoms. The molecule has 1 fully saturated rings. The number of carbonyl (C=O) groups is 2. The van der Waals surface area contributed by atoms with Gasteiger partial charge >= 0.3 is 11.8 Å². The summed E-state index contributed by atoms with van der Waals surface area (Å²) >= 11 is 0. The molecule has 2 amide bonds. The quantitative estimate of drug-likeness (QED) is 0.581. The summed E-state index contributed by atoms with van der Waals surface area (Å²) in [6, 6.07) is 5.56. The van der Waals surface area contributed by atoms with Crippen LogP contribution in [0.2, 0.25) is 0 Å². The minimum absolute atomic E-state index is 0.00588. The molecule has 1 aromatic rings. The molecule has 23 heavy (non-hydrogen) atoms. The molecule has 1 aliphatic carbocycles. The Hall–Kier alpha value is -1.95. The van der Waals surface area contributed by atoms with Gasteiger partial charge in [-0.2, -0.15) is 0 Å². The highest BCUT2D eigenvalue weighted by Gasteiger charge is 2.26. The Balaban J connectivity index is 1.83. The first-order chi connectivity index (χ1) is 11.1. The summed E-state index contributed by atoms with van der Waals surface area (Å²) in [7, 11) is 0. The van der Waals surface area contributed by atoms with E-state index in [1.54, 1.807) is 12.1 Å². The van der Waals surface area contributed by atoms with E-state index in [-0.39, 0.29) is 30.9 Å². The lowest BCUT2D eigenvalue weighted by atomic mass is 9.95. The van der Waals surface area contributed by atoms with Crippen molar-refractivity contribution in [2.45, 2.75) is 44.7 Å². The average Bonchev–Trinajstić information content (AvgIpc) is 2.78. The lowest BCUT2D eigenvalue weighted by molar-refractivity contribution is -0.140. The maximum Gasteiger partial charge on any atom is 0.309 e. The van der Waals surface area contributed by atoms with Crippen LogP contribution in [-0.4, -0.2) is 29.6 Å². The minimum atomic E-state index is -0.713. The highest BCUT2D eigenvalue weighted by molar-refractivity contribution is 6.35. The molecule has 0 radical (unpaired) electrons. The van der Waals surface area contributed by atoms with Gasteiger partial charge in [-0.25, -0.2) is 4.39 Å². The van der Waals surface area contributed by atoms with Gasteiger partial charge in [0.1, 0.15) is 5.82 Å². The van der Waals surface area contributed by atoms with Gasteiger partial charge in [0.25, 0.3) is 0 Å². The summed E-state index contributed by atoms with van der Waals surface area (Å²) in [4.78, 5) is 23.9. The molecule has 2 rings (SSSR count). The van der Waals surface area contributed by atoms with Gasteiger partial charge in [0, 0.05) is 25.1 Å². The fourth-order valence-electron chi connectivity index (χ4n) is 2.89. The summed E-state index contributed by atoms with van der Waals surface area (Å²) in [6.07, 6.45) is 4.74. The number of halogens is 1. The molecule has 0 saturated heterocycles. The second-order valence-corrected chi connectivity index (χ2v) is 5.97. The van der Waals surface area contributed by atoms with E-state index in [2.05, 4.69) is 10.6 Å². The van der Waals surface area contributed by atoms with Gasteiger partial charge in [-0.15, -0.1) is 0 Å². The predicted molar refractivity (Wildman–Crippen MR) is 83.8 cm³/mol. The zero-order chi connectivity index (χ0) is 16.7. The van der Waals surface area contributed by atoms with Gasteiger partial charge in [0.05, 0.1) is 0 Å². The van der Waals surface area contributed by atoms with Gasteiger partial charge in [-0.05, 0) is 30.5 Å². The number of benzene rings is 1. The van der Waals surface area contributed by atoms with Crippen LogP contribution in [0.1, 0.15) is 37.7 Å². The molecule has 0 heterocycles. The van der Waals surface area contributed by atoms with E-state index < -0.39 is 11.8 Å². The van der Waals surface area contributed by atoms with Gasteiger partial charge in [-0.1, -0.05) is 31.4 Å². The van der Waals surface area contributed by atoms with Crippen LogP contribution in [0.25, 0.3) is 0 Å². The fraction of sp³-hybridized carbons (Fsp3) is 0.529. The van der Waals surface area contributed by atoms with Gasteiger partial charge < -0.3 is 15.7 Å². The Kier molecular flexibility index (Phi) is 6.52. The summed E-state index contributed by atoms with van der Waals surface area (Å²) in [5.74, 6) is -1.74. The van der Waals surface area contributed by atoms with Crippen molar-refractivity contribution in [2.24, 2.45) is 5.92 Å². The lowest BCUT2D eigenvalue weighted by Gasteiger charge is -2.24. The van der Waals surface area contributed by atoms with Crippen LogP contribution in [0.4, 0.5) is 4.39 Å². The number of nitrogens with one attached hydrogen (secondary N) is 2. The van der Waals surface area contributed by atoms with Crippen molar-refractivity contribution < 1.29 is 19.1 Å². The maximum absolute atomic E-state index is 12.8. The van der Waals surface area contributed by atoms with Gasteiger partial charge in [0.2, 0.25) is 0 Å². The molecule has 2 atom stereocenters. The molecule has 1 aliphatic rings. The summed E-state index contributed by atoms with van der Waals surface area (Å²) < 4.78 is 12.8. The molecule has 1 saturated carbocycles. The standard InChI is InChI=1S/C17H23FN2O3/c18-14-8-6-12(7-9-14)10-19-16(22)17(23)20-15-5-3-1-2-4-13(15)11-21/h6-9,13,15,21H,1-5,10-11H2,(H,19,22)(H,20,23). The maximum atomic E-state index is 12.8. The van der Waals surface area contributed by atoms with Crippen molar-refractivity contribution in [3.05, 3.63) is 35.6 Å². The number of aliphatic hydroxyl groups excluding tert-OH is 1. The Morgan fingerprint density at radius 1 is 1.09 bits per heavy atom. The molecule has 0 aromatic heterocycles. The van der Waals surface area contributed by atoms with Crippen LogP contribution >= 0.6 is 0 Å². The zero-order valence-corrected chi connectivity index (χ0v) is 13.1. The Morgan fingerprint density at radius 3 is 2.48 bits per heavy atom. The zero-order valence-electron chi connectivity index (χ0n) is 13.1. The SMILES string of the molecule is O=C(NCc1ccc(F)cc1)C(=O)NC1CCCCCC1CO. The van der Waals surface area contributed by atoms with Crippen LogP contribution < -0.4 is 10.6 Å². The molecule has 3 N–H and O–H groups in total. The molecule has 0 bridgehead atoms. The van der Waals surface area contributed by atoms with Crippen molar-refractivity contribution in [1.29, 1.82) is 0 Å². The van der Waals surface area contributed by atoms with Crippen molar-refractivity contribution >= 4 is 11.8 Å². The normalized spacial score (nSPS) is 21.3. The Morgan fingerprint density at radius 2 is 1.78 bits per heavy atom. The Labute approximate surface area is 135 Å². The fourth-order valence-corrected chi connectivity index (χ4v) is 2.89. The highest BCUT2D eigenvalue weighted by Crippen LogP contribution is 2.23. The van der Waals surface area contributed by atoms with E-state index >= 15 is 0 Å². The molecule has 126 valence electrons. The topological polar surface area (TPSA) is 78.4 Å². The predicted octanol–water partition coefficient (Wildman–Crippen LogP) is 1.50. The third-order valence-corrected chi connectivity index (χ3v) is 4.28. The number of hydrogen-bond acceptors (Lipinski definition) is 3. The molecule has 1 aromatic carbocycles. The third kappa shape index (κ3) is 5.32. The minimum Gasteiger partial charge on any atom is -0.396 e. The van der Waals surface area contributed by atoms with Crippen LogP contribution in [0.5, 0.6) is 0 Å². The smallest absolute Gasteiger partial charge is 0.309 e. The molecule has 5 nitrogen and oxygen atoms in total. The second kappa shape index (κ2) is 8.62. The van der Waals surface area contributed by atoms with Gasteiger partial charge in [-0.3, -0.25) is 9.59 Å². The number of amides is 2. The van der Waals surface area contributed by atoms with Crippen molar-refractivity contribution in [2.75, 3.05) is 6.61 Å². The molecule has 6 heteroatoms. The van der Waals surface area contributed by atoms with Crippen LogP contribution in [0.3, 0.4) is 0 Å². The molecule has 0 aliphatic heterocycles. The first-order valence-electron chi connectivity index (χ1n) is 8.04. The summed E-state index contributed by atoms with van der Waals surface area (Å²) in [6.45, 7) is 0.183. The van der Waals surface area contributed by atoms with Crippen molar-refractivity contribution in [1.82, 2.24) is 10.6 Å².